The molecule has 0 aliphatic rings. The molecule has 6 nitrogen and oxygen atoms in total. The Bertz CT molecular complexity index is 455. The summed E-state index contributed by atoms with van der Waals surface area (Å²) in [5, 5.41) is 7.58. The van der Waals surface area contributed by atoms with E-state index in [4.69, 9.17) is 0 Å². The summed E-state index contributed by atoms with van der Waals surface area (Å²) in [6.07, 6.45) is 4.17. The SMILES string of the molecule is CCC(C)n1ccc(CNCCNS(C)(=O)=O)n1. The number of hydrogen-bond acceptors (Lipinski definition) is 4. The highest BCUT2D eigenvalue weighted by Gasteiger charge is 2.04. The van der Waals surface area contributed by atoms with Gasteiger partial charge >= 0.3 is 0 Å². The predicted molar refractivity (Wildman–Crippen MR) is 71.8 cm³/mol. The van der Waals surface area contributed by atoms with Gasteiger partial charge in [0.1, 0.15) is 0 Å². The lowest BCUT2D eigenvalue weighted by Crippen LogP contribution is -2.30. The predicted octanol–water partition coefficient (Wildman–Crippen LogP) is 0.493. The van der Waals surface area contributed by atoms with E-state index in [0.717, 1.165) is 18.4 Å². The molecule has 1 unspecified atom stereocenters. The van der Waals surface area contributed by atoms with Crippen molar-refractivity contribution in [3.05, 3.63) is 18.0 Å². The lowest BCUT2D eigenvalue weighted by Gasteiger charge is -2.08. The van der Waals surface area contributed by atoms with Gasteiger partial charge in [0, 0.05) is 31.9 Å². The molecule has 0 aliphatic carbocycles. The molecule has 0 aliphatic heterocycles. The molecule has 0 fully saturated rings. The summed E-state index contributed by atoms with van der Waals surface area (Å²) in [5.74, 6) is 0. The van der Waals surface area contributed by atoms with Crippen LogP contribution in [0.5, 0.6) is 0 Å². The van der Waals surface area contributed by atoms with E-state index in [-0.39, 0.29) is 0 Å². The zero-order valence-electron chi connectivity index (χ0n) is 11.2. The van der Waals surface area contributed by atoms with Gasteiger partial charge in [-0.15, -0.1) is 0 Å². The van der Waals surface area contributed by atoms with Crippen LogP contribution in [0.25, 0.3) is 0 Å². The minimum absolute atomic E-state index is 0.394. The fourth-order valence-corrected chi connectivity index (χ4v) is 1.92. The fourth-order valence-electron chi connectivity index (χ4n) is 1.45. The minimum Gasteiger partial charge on any atom is -0.310 e. The van der Waals surface area contributed by atoms with Crippen LogP contribution in [0.2, 0.25) is 0 Å². The standard InChI is InChI=1S/C11H22N4O2S/c1-4-10(2)15-8-5-11(14-15)9-12-6-7-13-18(3,16)17/h5,8,10,12-13H,4,6-7,9H2,1-3H3. The average molecular weight is 274 g/mol. The van der Waals surface area contributed by atoms with Gasteiger partial charge in [0.05, 0.1) is 11.9 Å². The Morgan fingerprint density at radius 3 is 2.78 bits per heavy atom. The zero-order chi connectivity index (χ0) is 13.6. The molecule has 104 valence electrons. The van der Waals surface area contributed by atoms with Gasteiger partial charge in [-0.1, -0.05) is 6.92 Å². The van der Waals surface area contributed by atoms with Gasteiger partial charge in [0.2, 0.25) is 10.0 Å². The molecule has 2 N–H and O–H groups in total. The summed E-state index contributed by atoms with van der Waals surface area (Å²) >= 11 is 0. The second kappa shape index (κ2) is 6.86. The van der Waals surface area contributed by atoms with Gasteiger partial charge in [-0.2, -0.15) is 5.10 Å². The molecular formula is C11H22N4O2S. The van der Waals surface area contributed by atoms with Crippen LogP contribution < -0.4 is 10.0 Å². The molecule has 1 aromatic rings. The van der Waals surface area contributed by atoms with E-state index in [2.05, 4.69) is 29.0 Å². The highest BCUT2D eigenvalue weighted by molar-refractivity contribution is 7.88. The van der Waals surface area contributed by atoms with E-state index in [1.165, 1.54) is 0 Å². The first-order valence-corrected chi connectivity index (χ1v) is 8.01. The lowest BCUT2D eigenvalue weighted by atomic mass is 10.3. The van der Waals surface area contributed by atoms with Crippen LogP contribution in [0.3, 0.4) is 0 Å². The number of rotatable bonds is 8. The normalized spacial score (nSPS) is 13.7. The summed E-state index contributed by atoms with van der Waals surface area (Å²) in [4.78, 5) is 0. The van der Waals surface area contributed by atoms with E-state index in [9.17, 15) is 8.42 Å². The molecule has 1 heterocycles. The van der Waals surface area contributed by atoms with E-state index in [1.807, 2.05) is 16.9 Å². The van der Waals surface area contributed by atoms with Crippen LogP contribution in [0, 0.1) is 0 Å². The molecule has 1 aromatic heterocycles. The van der Waals surface area contributed by atoms with Crippen molar-refractivity contribution in [1.82, 2.24) is 19.8 Å². The maximum atomic E-state index is 10.8. The van der Waals surface area contributed by atoms with Crippen molar-refractivity contribution in [2.45, 2.75) is 32.9 Å². The van der Waals surface area contributed by atoms with Crippen LogP contribution in [0.4, 0.5) is 0 Å². The first kappa shape index (κ1) is 15.1. The van der Waals surface area contributed by atoms with Crippen molar-refractivity contribution in [2.75, 3.05) is 19.3 Å². The third kappa shape index (κ3) is 5.61. The van der Waals surface area contributed by atoms with E-state index in [1.54, 1.807) is 0 Å². The highest BCUT2D eigenvalue weighted by atomic mass is 32.2. The molecule has 0 spiro atoms. The Kier molecular flexibility index (Phi) is 5.77. The maximum absolute atomic E-state index is 10.8. The van der Waals surface area contributed by atoms with E-state index < -0.39 is 10.0 Å². The largest absolute Gasteiger partial charge is 0.310 e. The smallest absolute Gasteiger partial charge is 0.208 e. The van der Waals surface area contributed by atoms with Crippen molar-refractivity contribution in [3.63, 3.8) is 0 Å². The number of nitrogens with zero attached hydrogens (tertiary/aromatic N) is 2. The van der Waals surface area contributed by atoms with Crippen LogP contribution in [-0.2, 0) is 16.6 Å². The van der Waals surface area contributed by atoms with E-state index >= 15 is 0 Å². The van der Waals surface area contributed by atoms with Crippen LogP contribution in [-0.4, -0.2) is 37.5 Å². The van der Waals surface area contributed by atoms with Crippen LogP contribution in [0.15, 0.2) is 12.3 Å². The van der Waals surface area contributed by atoms with Crippen molar-refractivity contribution in [2.24, 2.45) is 0 Å². The van der Waals surface area contributed by atoms with Gasteiger partial charge in [-0.3, -0.25) is 4.68 Å². The molecule has 0 saturated carbocycles. The van der Waals surface area contributed by atoms with Gasteiger partial charge < -0.3 is 5.32 Å². The van der Waals surface area contributed by atoms with Crippen LogP contribution in [0.1, 0.15) is 32.0 Å². The number of sulfonamides is 1. The Morgan fingerprint density at radius 2 is 2.17 bits per heavy atom. The Balaban J connectivity index is 2.25. The van der Waals surface area contributed by atoms with Gasteiger partial charge in [0.15, 0.2) is 0 Å². The topological polar surface area (TPSA) is 76.0 Å². The summed E-state index contributed by atoms with van der Waals surface area (Å²) in [6, 6.07) is 2.38. The first-order chi connectivity index (χ1) is 8.42. The summed E-state index contributed by atoms with van der Waals surface area (Å²) in [5.41, 5.74) is 0.967. The average Bonchev–Trinajstić information content (AvgIpc) is 2.75. The van der Waals surface area contributed by atoms with Crippen molar-refractivity contribution < 1.29 is 8.42 Å². The number of hydrogen-bond donors (Lipinski definition) is 2. The molecule has 0 amide bonds. The number of nitrogens with one attached hydrogen (secondary N) is 2. The third-order valence-corrected chi connectivity index (χ3v) is 3.41. The second-order valence-electron chi connectivity index (χ2n) is 4.39. The second-order valence-corrected chi connectivity index (χ2v) is 6.22. The fraction of sp³-hybridized carbons (Fsp3) is 0.727. The Hall–Kier alpha value is -0.920. The van der Waals surface area contributed by atoms with E-state index in [0.29, 0.717) is 25.7 Å². The molecule has 18 heavy (non-hydrogen) atoms. The van der Waals surface area contributed by atoms with Crippen molar-refractivity contribution in [1.29, 1.82) is 0 Å². The van der Waals surface area contributed by atoms with Gasteiger partial charge in [0.25, 0.3) is 0 Å². The zero-order valence-corrected chi connectivity index (χ0v) is 12.0. The molecule has 0 aromatic carbocycles. The summed E-state index contributed by atoms with van der Waals surface area (Å²) < 4.78 is 26.0. The third-order valence-electron chi connectivity index (χ3n) is 2.68. The molecular weight excluding hydrogens is 252 g/mol. The summed E-state index contributed by atoms with van der Waals surface area (Å²) in [6.45, 7) is 5.88. The lowest BCUT2D eigenvalue weighted by molar-refractivity contribution is 0.471. The van der Waals surface area contributed by atoms with Crippen molar-refractivity contribution >= 4 is 10.0 Å². The Morgan fingerprint density at radius 1 is 1.44 bits per heavy atom. The molecule has 7 heteroatoms. The minimum atomic E-state index is -3.09. The molecule has 0 radical (unpaired) electrons. The number of aromatic nitrogens is 2. The molecule has 1 atom stereocenters. The molecule has 0 bridgehead atoms. The summed E-state index contributed by atoms with van der Waals surface area (Å²) in [7, 11) is -3.09. The molecule has 1 rings (SSSR count). The Labute approximate surface area is 109 Å². The first-order valence-electron chi connectivity index (χ1n) is 6.11. The van der Waals surface area contributed by atoms with Crippen molar-refractivity contribution in [3.8, 4) is 0 Å². The highest BCUT2D eigenvalue weighted by Crippen LogP contribution is 2.08. The van der Waals surface area contributed by atoms with Gasteiger partial charge in [-0.25, -0.2) is 13.1 Å². The van der Waals surface area contributed by atoms with Crippen LogP contribution >= 0.6 is 0 Å². The molecule has 0 saturated heterocycles. The van der Waals surface area contributed by atoms with Gasteiger partial charge in [-0.05, 0) is 19.4 Å². The monoisotopic (exact) mass is 274 g/mol. The quantitative estimate of drug-likeness (QED) is 0.677. The maximum Gasteiger partial charge on any atom is 0.208 e.